The minimum atomic E-state index is -1.04. The topological polar surface area (TPSA) is 58.6 Å². The first-order chi connectivity index (χ1) is 9.16. The van der Waals surface area contributed by atoms with Crippen molar-refractivity contribution in [3.05, 3.63) is 0 Å². The molecule has 0 aliphatic heterocycles. The monoisotopic (exact) mass is 269 g/mol. The van der Waals surface area contributed by atoms with Gasteiger partial charge in [0, 0.05) is 13.2 Å². The van der Waals surface area contributed by atoms with Crippen LogP contribution in [0.1, 0.15) is 51.9 Å². The van der Waals surface area contributed by atoms with Crippen LogP contribution in [0.3, 0.4) is 0 Å². The van der Waals surface area contributed by atoms with Crippen molar-refractivity contribution in [1.29, 1.82) is 0 Å². The zero-order chi connectivity index (χ0) is 13.7. The largest absolute Gasteiger partial charge is 0.381 e. The summed E-state index contributed by atoms with van der Waals surface area (Å²) in [4.78, 5) is 11.7. The van der Waals surface area contributed by atoms with E-state index in [1.807, 2.05) is 0 Å². The van der Waals surface area contributed by atoms with E-state index in [0.717, 1.165) is 0 Å². The van der Waals surface area contributed by atoms with Gasteiger partial charge < -0.3 is 15.2 Å². The lowest BCUT2D eigenvalue weighted by Gasteiger charge is -2.25. The second-order valence-corrected chi connectivity index (χ2v) is 6.18. The molecule has 0 heterocycles. The van der Waals surface area contributed by atoms with Crippen LogP contribution in [0.25, 0.3) is 0 Å². The maximum atomic E-state index is 11.7. The third-order valence-electron chi connectivity index (χ3n) is 4.29. The molecule has 0 aromatic heterocycles. The van der Waals surface area contributed by atoms with Crippen molar-refractivity contribution in [1.82, 2.24) is 5.32 Å². The van der Waals surface area contributed by atoms with E-state index >= 15 is 0 Å². The molecule has 19 heavy (non-hydrogen) atoms. The lowest BCUT2D eigenvalue weighted by atomic mass is 9.90. The molecule has 0 spiro atoms. The highest BCUT2D eigenvalue weighted by molar-refractivity contribution is 5.81. The van der Waals surface area contributed by atoms with E-state index in [4.69, 9.17) is 4.74 Å². The Morgan fingerprint density at radius 1 is 1.21 bits per heavy atom. The van der Waals surface area contributed by atoms with Crippen molar-refractivity contribution in [3.8, 4) is 0 Å². The summed E-state index contributed by atoms with van der Waals surface area (Å²) >= 11 is 0. The van der Waals surface area contributed by atoms with Crippen molar-refractivity contribution in [2.75, 3.05) is 13.2 Å². The van der Waals surface area contributed by atoms with E-state index in [0.29, 0.717) is 25.0 Å². The Morgan fingerprint density at radius 2 is 1.89 bits per heavy atom. The molecule has 2 unspecified atom stereocenters. The summed E-state index contributed by atoms with van der Waals surface area (Å²) in [6.45, 7) is 3.16. The number of nitrogens with one attached hydrogen (secondary N) is 1. The summed E-state index contributed by atoms with van der Waals surface area (Å²) in [6, 6.07) is 0. The van der Waals surface area contributed by atoms with Crippen molar-refractivity contribution in [2.45, 2.75) is 64.1 Å². The van der Waals surface area contributed by atoms with Crippen LogP contribution >= 0.6 is 0 Å². The molecule has 4 nitrogen and oxygen atoms in total. The van der Waals surface area contributed by atoms with E-state index in [2.05, 4.69) is 5.32 Å². The zero-order valence-electron chi connectivity index (χ0n) is 11.9. The van der Waals surface area contributed by atoms with Crippen LogP contribution in [0, 0.1) is 11.8 Å². The quantitative estimate of drug-likeness (QED) is 0.741. The van der Waals surface area contributed by atoms with Crippen LogP contribution in [0.15, 0.2) is 0 Å². The molecule has 2 atom stereocenters. The van der Waals surface area contributed by atoms with Crippen LogP contribution in [0.5, 0.6) is 0 Å². The number of ether oxygens (including phenoxy) is 1. The normalized spacial score (nSPS) is 23.9. The fourth-order valence-electron chi connectivity index (χ4n) is 2.62. The molecule has 2 saturated carbocycles. The smallest absolute Gasteiger partial charge is 0.251 e. The van der Waals surface area contributed by atoms with E-state index < -0.39 is 12.2 Å². The number of carbonyl (C=O) groups excluding carboxylic acids is 1. The van der Waals surface area contributed by atoms with E-state index in [9.17, 15) is 9.90 Å². The maximum absolute atomic E-state index is 11.7. The maximum Gasteiger partial charge on any atom is 0.251 e. The van der Waals surface area contributed by atoms with Gasteiger partial charge in [0.05, 0.1) is 6.10 Å². The predicted molar refractivity (Wildman–Crippen MR) is 73.7 cm³/mol. The van der Waals surface area contributed by atoms with Gasteiger partial charge in [-0.1, -0.05) is 19.3 Å². The molecule has 2 fully saturated rings. The average Bonchev–Trinajstić information content (AvgIpc) is 3.26. The van der Waals surface area contributed by atoms with Gasteiger partial charge in [-0.25, -0.2) is 0 Å². The van der Waals surface area contributed by atoms with E-state index in [1.54, 1.807) is 6.92 Å². The van der Waals surface area contributed by atoms with E-state index in [-0.39, 0.29) is 5.91 Å². The molecule has 0 bridgehead atoms. The number of rotatable bonds is 7. The van der Waals surface area contributed by atoms with Gasteiger partial charge in [0.2, 0.25) is 0 Å². The van der Waals surface area contributed by atoms with Crippen LogP contribution in [0.4, 0.5) is 0 Å². The minimum absolute atomic E-state index is 0.289. The third-order valence-corrected chi connectivity index (χ3v) is 4.29. The first kappa shape index (κ1) is 14.8. The van der Waals surface area contributed by atoms with Gasteiger partial charge in [0.15, 0.2) is 6.10 Å². The highest BCUT2D eigenvalue weighted by Crippen LogP contribution is 2.27. The van der Waals surface area contributed by atoms with Crippen molar-refractivity contribution >= 4 is 5.91 Å². The molecule has 0 radical (unpaired) electrons. The summed E-state index contributed by atoms with van der Waals surface area (Å²) in [5.41, 5.74) is 0. The van der Waals surface area contributed by atoms with Crippen molar-refractivity contribution in [2.24, 2.45) is 11.8 Å². The summed E-state index contributed by atoms with van der Waals surface area (Å²) in [5.74, 6) is 0.954. The molecule has 0 aromatic carbocycles. The molecule has 2 aliphatic carbocycles. The second kappa shape index (κ2) is 7.25. The number of amides is 1. The number of hydrogen-bond donors (Lipinski definition) is 2. The molecule has 2 N–H and O–H groups in total. The molecule has 0 aromatic rings. The van der Waals surface area contributed by atoms with Crippen LogP contribution in [0.2, 0.25) is 0 Å². The fraction of sp³-hybridized carbons (Fsp3) is 0.933. The molecule has 1 amide bonds. The van der Waals surface area contributed by atoms with Crippen LogP contribution in [-0.4, -0.2) is 36.4 Å². The third kappa shape index (κ3) is 5.11. The molecule has 4 heteroatoms. The Bertz CT molecular complexity index is 285. The average molecular weight is 269 g/mol. The van der Waals surface area contributed by atoms with Gasteiger partial charge in [-0.05, 0) is 44.4 Å². The van der Waals surface area contributed by atoms with E-state index in [1.165, 1.54) is 44.9 Å². The summed E-state index contributed by atoms with van der Waals surface area (Å²) in [5, 5.41) is 12.7. The summed E-state index contributed by atoms with van der Waals surface area (Å²) in [7, 11) is 0. The van der Waals surface area contributed by atoms with Gasteiger partial charge in [-0.3, -0.25) is 4.79 Å². The predicted octanol–water partition coefficient (Wildman–Crippen LogP) is 1.86. The molecule has 0 saturated heterocycles. The Hall–Kier alpha value is -0.610. The van der Waals surface area contributed by atoms with Crippen molar-refractivity contribution in [3.63, 3.8) is 0 Å². The first-order valence-electron chi connectivity index (χ1n) is 7.74. The second-order valence-electron chi connectivity index (χ2n) is 6.18. The molecule has 110 valence electrons. The SMILES string of the molecule is CC(OCC1CCCCC1)C(O)C(=O)NCC1CC1. The Kier molecular flexibility index (Phi) is 5.64. The van der Waals surface area contributed by atoms with Crippen LogP contribution in [-0.2, 0) is 9.53 Å². The number of hydrogen-bond acceptors (Lipinski definition) is 3. The number of aliphatic hydroxyl groups excluding tert-OH is 1. The van der Waals surface area contributed by atoms with Gasteiger partial charge in [0.25, 0.3) is 5.91 Å². The van der Waals surface area contributed by atoms with Crippen molar-refractivity contribution < 1.29 is 14.6 Å². The highest BCUT2D eigenvalue weighted by Gasteiger charge is 2.27. The Balaban J connectivity index is 1.62. The first-order valence-corrected chi connectivity index (χ1v) is 7.74. The fourth-order valence-corrected chi connectivity index (χ4v) is 2.62. The van der Waals surface area contributed by atoms with Gasteiger partial charge >= 0.3 is 0 Å². The lowest BCUT2D eigenvalue weighted by molar-refractivity contribution is -0.138. The molecule has 2 aliphatic rings. The minimum Gasteiger partial charge on any atom is -0.381 e. The standard InChI is InChI=1S/C15H27NO3/c1-11(19-10-13-5-3-2-4-6-13)14(17)15(18)16-9-12-7-8-12/h11-14,17H,2-10H2,1H3,(H,16,18). The van der Waals surface area contributed by atoms with Gasteiger partial charge in [-0.2, -0.15) is 0 Å². The molecular formula is C15H27NO3. The highest BCUT2D eigenvalue weighted by atomic mass is 16.5. The van der Waals surface area contributed by atoms with Gasteiger partial charge in [0.1, 0.15) is 0 Å². The number of carbonyl (C=O) groups is 1. The lowest BCUT2D eigenvalue weighted by Crippen LogP contribution is -2.43. The van der Waals surface area contributed by atoms with Gasteiger partial charge in [-0.15, -0.1) is 0 Å². The zero-order valence-corrected chi connectivity index (χ0v) is 11.9. The summed E-state index contributed by atoms with van der Waals surface area (Å²) in [6.07, 6.45) is 7.28. The molecule has 2 rings (SSSR count). The summed E-state index contributed by atoms with van der Waals surface area (Å²) < 4.78 is 5.68. The Labute approximate surface area is 115 Å². The Morgan fingerprint density at radius 3 is 2.53 bits per heavy atom. The number of aliphatic hydroxyl groups is 1. The molecular weight excluding hydrogens is 242 g/mol. The van der Waals surface area contributed by atoms with Crippen LogP contribution < -0.4 is 5.32 Å².